The van der Waals surface area contributed by atoms with Gasteiger partial charge in [-0.2, -0.15) is 0 Å². The molecule has 0 amide bonds. The molecule has 0 spiro atoms. The van der Waals surface area contributed by atoms with Crippen LogP contribution in [0.5, 0.6) is 0 Å². The van der Waals surface area contributed by atoms with E-state index in [-0.39, 0.29) is 12.0 Å². The summed E-state index contributed by atoms with van der Waals surface area (Å²) in [5.74, 6) is -0.240. The number of ether oxygens (including phenoxy) is 1. The number of carbonyl (C=O) groups excluding carboxylic acids is 1. The minimum absolute atomic E-state index is 0.240. The van der Waals surface area contributed by atoms with Gasteiger partial charge in [0.25, 0.3) is 0 Å². The fourth-order valence-corrected chi connectivity index (χ4v) is 1.01. The molecule has 0 fully saturated rings. The highest BCUT2D eigenvalue weighted by Gasteiger charge is 2.22. The minimum Gasteiger partial charge on any atom is -0.458 e. The van der Waals surface area contributed by atoms with Crippen LogP contribution in [0.15, 0.2) is 18.7 Å². The molecule has 0 aromatic carbocycles. The van der Waals surface area contributed by atoms with Gasteiger partial charge < -0.3 is 9.30 Å². The molecule has 0 unspecified atom stereocenters. The Bertz CT molecular complexity index is 298. The van der Waals surface area contributed by atoms with E-state index in [2.05, 4.69) is 4.98 Å². The molecule has 0 saturated heterocycles. The van der Waals surface area contributed by atoms with Gasteiger partial charge in [0.2, 0.25) is 0 Å². The zero-order chi connectivity index (χ0) is 10.8. The monoisotopic (exact) mass is 196 g/mol. The maximum atomic E-state index is 11.6. The van der Waals surface area contributed by atoms with Crippen LogP contribution < -0.4 is 0 Å². The summed E-state index contributed by atoms with van der Waals surface area (Å²) in [5.41, 5.74) is -0.439. The number of carbonyl (C=O) groups is 1. The van der Waals surface area contributed by atoms with Crippen LogP contribution in [0.2, 0.25) is 0 Å². The molecule has 0 bridgehead atoms. The van der Waals surface area contributed by atoms with Gasteiger partial charge in [0, 0.05) is 12.4 Å². The molecule has 1 aromatic rings. The van der Waals surface area contributed by atoms with E-state index >= 15 is 0 Å². The van der Waals surface area contributed by atoms with Crippen molar-refractivity contribution in [2.45, 2.75) is 39.3 Å². The van der Waals surface area contributed by atoms with Crippen LogP contribution in [0.4, 0.5) is 0 Å². The van der Waals surface area contributed by atoms with Crippen molar-refractivity contribution in [2.75, 3.05) is 0 Å². The van der Waals surface area contributed by atoms with Crippen molar-refractivity contribution >= 4 is 5.97 Å². The van der Waals surface area contributed by atoms with Gasteiger partial charge >= 0.3 is 5.97 Å². The molecule has 0 N–H and O–H groups in total. The van der Waals surface area contributed by atoms with Gasteiger partial charge in [0.1, 0.15) is 11.6 Å². The Morgan fingerprint density at radius 2 is 2.14 bits per heavy atom. The maximum absolute atomic E-state index is 11.6. The first-order chi connectivity index (χ1) is 6.40. The zero-order valence-corrected chi connectivity index (χ0v) is 9.02. The van der Waals surface area contributed by atoms with Gasteiger partial charge in [-0.05, 0) is 27.7 Å². The lowest BCUT2D eigenvalue weighted by Gasteiger charge is -2.22. The highest BCUT2D eigenvalue weighted by Crippen LogP contribution is 2.14. The molecule has 0 aliphatic heterocycles. The van der Waals surface area contributed by atoms with Crippen molar-refractivity contribution in [3.63, 3.8) is 0 Å². The third kappa shape index (κ3) is 2.87. The minimum atomic E-state index is -0.439. The third-order valence-electron chi connectivity index (χ3n) is 1.72. The van der Waals surface area contributed by atoms with E-state index in [1.165, 1.54) is 0 Å². The normalized spacial score (nSPS) is 13.7. The molecular formula is C10H16N2O2. The van der Waals surface area contributed by atoms with Crippen molar-refractivity contribution in [2.24, 2.45) is 0 Å². The predicted octanol–water partition coefficient (Wildman–Crippen LogP) is 1.79. The Hall–Kier alpha value is -1.32. The van der Waals surface area contributed by atoms with Crippen LogP contribution >= 0.6 is 0 Å². The largest absolute Gasteiger partial charge is 0.458 e. The molecule has 1 rings (SSSR count). The summed E-state index contributed by atoms with van der Waals surface area (Å²) < 4.78 is 6.95. The smallest absolute Gasteiger partial charge is 0.329 e. The van der Waals surface area contributed by atoms with Crippen LogP contribution in [0.1, 0.15) is 33.7 Å². The van der Waals surface area contributed by atoms with E-state index in [1.807, 2.05) is 20.8 Å². The summed E-state index contributed by atoms with van der Waals surface area (Å²) in [6.45, 7) is 7.35. The lowest BCUT2D eigenvalue weighted by Crippen LogP contribution is -2.28. The Morgan fingerprint density at radius 1 is 1.50 bits per heavy atom. The molecule has 4 nitrogen and oxygen atoms in total. The number of imidazole rings is 1. The first-order valence-corrected chi connectivity index (χ1v) is 4.60. The third-order valence-corrected chi connectivity index (χ3v) is 1.72. The number of hydrogen-bond donors (Lipinski definition) is 0. The summed E-state index contributed by atoms with van der Waals surface area (Å²) in [6.07, 6.45) is 4.99. The van der Waals surface area contributed by atoms with Crippen LogP contribution in [-0.4, -0.2) is 21.1 Å². The van der Waals surface area contributed by atoms with Crippen molar-refractivity contribution < 1.29 is 9.53 Å². The molecule has 78 valence electrons. The van der Waals surface area contributed by atoms with Crippen LogP contribution in [0.3, 0.4) is 0 Å². The second-order valence-corrected chi connectivity index (χ2v) is 4.22. The molecule has 0 radical (unpaired) electrons. The van der Waals surface area contributed by atoms with Gasteiger partial charge in [-0.3, -0.25) is 0 Å². The lowest BCUT2D eigenvalue weighted by molar-refractivity contribution is -0.158. The van der Waals surface area contributed by atoms with Crippen molar-refractivity contribution in [1.82, 2.24) is 9.55 Å². The molecule has 14 heavy (non-hydrogen) atoms. The Morgan fingerprint density at radius 3 is 2.57 bits per heavy atom. The lowest BCUT2D eigenvalue weighted by atomic mass is 10.2. The second-order valence-electron chi connectivity index (χ2n) is 4.22. The molecule has 0 saturated carbocycles. The van der Waals surface area contributed by atoms with Crippen LogP contribution in [0, 0.1) is 0 Å². The Kier molecular flexibility index (Phi) is 2.93. The van der Waals surface area contributed by atoms with Crippen molar-refractivity contribution in [3.8, 4) is 0 Å². The van der Waals surface area contributed by atoms with Crippen molar-refractivity contribution in [1.29, 1.82) is 0 Å². The Labute approximate surface area is 83.9 Å². The summed E-state index contributed by atoms with van der Waals surface area (Å²) in [5, 5.41) is 0. The maximum Gasteiger partial charge on any atom is 0.329 e. The number of hydrogen-bond acceptors (Lipinski definition) is 3. The first-order valence-electron chi connectivity index (χ1n) is 4.60. The SMILES string of the molecule is C[C@H](C(=O)OC(C)(C)C)n1ccnc1. The number of rotatable bonds is 2. The van der Waals surface area contributed by atoms with E-state index in [4.69, 9.17) is 4.74 Å². The van der Waals surface area contributed by atoms with Gasteiger partial charge in [-0.1, -0.05) is 0 Å². The molecule has 1 atom stereocenters. The number of nitrogens with zero attached hydrogens (tertiary/aromatic N) is 2. The van der Waals surface area contributed by atoms with Gasteiger partial charge in [0.05, 0.1) is 6.33 Å². The summed E-state index contributed by atoms with van der Waals surface area (Å²) in [6, 6.07) is -0.322. The second kappa shape index (κ2) is 3.82. The highest BCUT2D eigenvalue weighted by atomic mass is 16.6. The molecule has 1 aromatic heterocycles. The summed E-state index contributed by atoms with van der Waals surface area (Å²) in [4.78, 5) is 15.5. The van der Waals surface area contributed by atoms with Gasteiger partial charge in [-0.15, -0.1) is 0 Å². The zero-order valence-electron chi connectivity index (χ0n) is 9.02. The fourth-order valence-electron chi connectivity index (χ4n) is 1.01. The standard InChI is InChI=1S/C10H16N2O2/c1-8(12-6-5-11-7-12)9(13)14-10(2,3)4/h5-8H,1-4H3/t8-/m1/s1. The quantitative estimate of drug-likeness (QED) is 0.677. The summed E-state index contributed by atoms with van der Waals surface area (Å²) >= 11 is 0. The topological polar surface area (TPSA) is 44.1 Å². The van der Waals surface area contributed by atoms with E-state index in [0.717, 1.165) is 0 Å². The van der Waals surface area contributed by atoms with E-state index in [1.54, 1.807) is 30.2 Å². The number of aromatic nitrogens is 2. The van der Waals surface area contributed by atoms with E-state index < -0.39 is 5.60 Å². The van der Waals surface area contributed by atoms with Crippen LogP contribution in [-0.2, 0) is 9.53 Å². The van der Waals surface area contributed by atoms with E-state index in [0.29, 0.717) is 0 Å². The number of esters is 1. The Balaban J connectivity index is 2.63. The van der Waals surface area contributed by atoms with E-state index in [9.17, 15) is 4.79 Å². The molecule has 1 heterocycles. The average Bonchev–Trinajstić information content (AvgIpc) is 2.51. The van der Waals surface area contributed by atoms with Crippen molar-refractivity contribution in [3.05, 3.63) is 18.7 Å². The van der Waals surface area contributed by atoms with Gasteiger partial charge in [-0.25, -0.2) is 9.78 Å². The van der Waals surface area contributed by atoms with Crippen LogP contribution in [0.25, 0.3) is 0 Å². The highest BCUT2D eigenvalue weighted by molar-refractivity contribution is 5.74. The predicted molar refractivity (Wildman–Crippen MR) is 52.8 cm³/mol. The van der Waals surface area contributed by atoms with Gasteiger partial charge in [0.15, 0.2) is 0 Å². The molecular weight excluding hydrogens is 180 g/mol. The fraction of sp³-hybridized carbons (Fsp3) is 0.600. The molecule has 0 aliphatic carbocycles. The molecule has 4 heteroatoms. The first kappa shape index (κ1) is 10.8. The summed E-state index contributed by atoms with van der Waals surface area (Å²) in [7, 11) is 0. The average molecular weight is 196 g/mol. The molecule has 0 aliphatic rings.